The SMILES string of the molecule is CCOC(=O)C1=C(COC(=O)c2cc(-c3cccs3)nc3c2cnn3C(C)C)NC(=O)NC1C. The summed E-state index contributed by atoms with van der Waals surface area (Å²) < 4.78 is 12.4. The van der Waals surface area contributed by atoms with Crippen LogP contribution in [0.5, 0.6) is 0 Å². The molecule has 0 radical (unpaired) electrons. The number of hydrogen-bond acceptors (Lipinski definition) is 8. The molecule has 4 rings (SSSR count). The van der Waals surface area contributed by atoms with Gasteiger partial charge in [0.25, 0.3) is 0 Å². The minimum atomic E-state index is -0.621. The third-order valence-electron chi connectivity index (χ3n) is 5.26. The van der Waals surface area contributed by atoms with Gasteiger partial charge < -0.3 is 20.1 Å². The average molecular weight is 484 g/mol. The molecule has 11 heteroatoms. The van der Waals surface area contributed by atoms with E-state index in [4.69, 9.17) is 14.5 Å². The molecular formula is C23H25N5O5S. The van der Waals surface area contributed by atoms with Gasteiger partial charge >= 0.3 is 18.0 Å². The molecule has 4 heterocycles. The molecule has 10 nitrogen and oxygen atoms in total. The number of amides is 2. The molecule has 2 amide bonds. The number of nitrogens with zero attached hydrogens (tertiary/aromatic N) is 3. The van der Waals surface area contributed by atoms with Crippen molar-refractivity contribution in [2.75, 3.05) is 13.2 Å². The van der Waals surface area contributed by atoms with Crippen molar-refractivity contribution in [1.29, 1.82) is 0 Å². The number of ether oxygens (including phenoxy) is 2. The monoisotopic (exact) mass is 483 g/mol. The molecule has 3 aromatic heterocycles. The molecule has 2 N–H and O–H groups in total. The molecule has 1 atom stereocenters. The Bertz CT molecular complexity index is 1280. The maximum Gasteiger partial charge on any atom is 0.339 e. The number of rotatable bonds is 7. The number of thiophene rings is 1. The Morgan fingerprint density at radius 1 is 1.26 bits per heavy atom. The molecule has 178 valence electrons. The van der Waals surface area contributed by atoms with Gasteiger partial charge in [0.05, 0.1) is 51.6 Å². The van der Waals surface area contributed by atoms with Crippen LogP contribution in [-0.4, -0.2) is 52.0 Å². The molecule has 34 heavy (non-hydrogen) atoms. The molecule has 0 aliphatic carbocycles. The Labute approximate surface area is 199 Å². The second-order valence-electron chi connectivity index (χ2n) is 7.96. The lowest BCUT2D eigenvalue weighted by Gasteiger charge is -2.26. The van der Waals surface area contributed by atoms with E-state index < -0.39 is 24.0 Å². The van der Waals surface area contributed by atoms with Crippen molar-refractivity contribution in [3.63, 3.8) is 0 Å². The number of fused-ring (bicyclic) bond motifs is 1. The topological polar surface area (TPSA) is 124 Å². The highest BCUT2D eigenvalue weighted by Crippen LogP contribution is 2.29. The van der Waals surface area contributed by atoms with Crippen LogP contribution in [0.2, 0.25) is 0 Å². The van der Waals surface area contributed by atoms with Crippen molar-refractivity contribution in [1.82, 2.24) is 25.4 Å². The summed E-state index contributed by atoms with van der Waals surface area (Å²) in [6.07, 6.45) is 1.59. The second kappa shape index (κ2) is 9.64. The number of hydrogen-bond donors (Lipinski definition) is 2. The van der Waals surface area contributed by atoms with Gasteiger partial charge in [-0.15, -0.1) is 11.3 Å². The lowest BCUT2D eigenvalue weighted by Crippen LogP contribution is -2.50. The first-order valence-corrected chi connectivity index (χ1v) is 11.7. The predicted molar refractivity (Wildman–Crippen MR) is 126 cm³/mol. The van der Waals surface area contributed by atoms with Crippen LogP contribution in [-0.2, 0) is 14.3 Å². The van der Waals surface area contributed by atoms with Gasteiger partial charge in [-0.25, -0.2) is 24.0 Å². The maximum atomic E-state index is 13.2. The van der Waals surface area contributed by atoms with E-state index in [0.29, 0.717) is 22.3 Å². The van der Waals surface area contributed by atoms with Gasteiger partial charge in [0.15, 0.2) is 5.65 Å². The summed E-state index contributed by atoms with van der Waals surface area (Å²) in [6.45, 7) is 7.18. The van der Waals surface area contributed by atoms with Crippen LogP contribution in [0.25, 0.3) is 21.6 Å². The fourth-order valence-corrected chi connectivity index (χ4v) is 4.41. The number of aromatic nitrogens is 3. The zero-order valence-corrected chi connectivity index (χ0v) is 20.1. The fraction of sp³-hybridized carbons (Fsp3) is 0.348. The van der Waals surface area contributed by atoms with Crippen LogP contribution in [0, 0.1) is 0 Å². The Morgan fingerprint density at radius 2 is 2.06 bits per heavy atom. The molecule has 1 aliphatic rings. The lowest BCUT2D eigenvalue weighted by atomic mass is 10.0. The van der Waals surface area contributed by atoms with Gasteiger partial charge in [0.2, 0.25) is 0 Å². The van der Waals surface area contributed by atoms with E-state index >= 15 is 0 Å². The molecule has 0 aromatic carbocycles. The van der Waals surface area contributed by atoms with Crippen LogP contribution >= 0.6 is 11.3 Å². The van der Waals surface area contributed by atoms with E-state index in [1.54, 1.807) is 30.8 Å². The van der Waals surface area contributed by atoms with Gasteiger partial charge in [0.1, 0.15) is 6.61 Å². The average Bonchev–Trinajstić information content (AvgIpc) is 3.46. The molecule has 0 bridgehead atoms. The molecule has 0 spiro atoms. The second-order valence-corrected chi connectivity index (χ2v) is 8.91. The van der Waals surface area contributed by atoms with Crippen LogP contribution in [0.3, 0.4) is 0 Å². The Morgan fingerprint density at radius 3 is 2.74 bits per heavy atom. The van der Waals surface area contributed by atoms with E-state index in [-0.39, 0.29) is 30.5 Å². The van der Waals surface area contributed by atoms with Gasteiger partial charge in [-0.3, -0.25) is 0 Å². The molecule has 0 fully saturated rings. The summed E-state index contributed by atoms with van der Waals surface area (Å²) in [4.78, 5) is 43.3. The largest absolute Gasteiger partial charge is 0.463 e. The maximum absolute atomic E-state index is 13.2. The van der Waals surface area contributed by atoms with Crippen molar-refractivity contribution in [2.45, 2.75) is 39.8 Å². The standard InChI is InChI=1S/C23H25N5O5S/c1-5-32-22(30)19-13(4)25-23(31)27-17(19)11-33-21(29)14-9-16(18-7-6-8-34-18)26-20-15(14)10-24-28(20)12(2)3/h6-10,12-13H,5,11H2,1-4H3,(H2,25,27,31). The number of carbonyl (C=O) groups is 3. The van der Waals surface area contributed by atoms with Crippen molar-refractivity contribution in [2.24, 2.45) is 0 Å². The Hall–Kier alpha value is -3.73. The van der Waals surface area contributed by atoms with Gasteiger partial charge in [-0.1, -0.05) is 6.07 Å². The fourth-order valence-electron chi connectivity index (χ4n) is 3.72. The van der Waals surface area contributed by atoms with Crippen LogP contribution in [0.1, 0.15) is 44.1 Å². The first-order valence-electron chi connectivity index (χ1n) is 10.9. The number of pyridine rings is 1. The Balaban J connectivity index is 1.69. The van der Waals surface area contributed by atoms with Crippen molar-refractivity contribution in [3.05, 3.63) is 46.6 Å². The van der Waals surface area contributed by atoms with Gasteiger partial charge in [0, 0.05) is 6.04 Å². The summed E-state index contributed by atoms with van der Waals surface area (Å²) in [5, 5.41) is 12.1. The third-order valence-corrected chi connectivity index (χ3v) is 6.15. The molecule has 1 aliphatic heterocycles. The highest BCUT2D eigenvalue weighted by Gasteiger charge is 2.30. The van der Waals surface area contributed by atoms with E-state index in [1.807, 2.05) is 31.4 Å². The quantitative estimate of drug-likeness (QED) is 0.494. The van der Waals surface area contributed by atoms with Crippen molar-refractivity contribution in [3.8, 4) is 10.6 Å². The lowest BCUT2D eigenvalue weighted by molar-refractivity contribution is -0.139. The molecule has 1 unspecified atom stereocenters. The summed E-state index contributed by atoms with van der Waals surface area (Å²) in [5.74, 6) is -1.21. The number of esters is 2. The normalized spacial score (nSPS) is 15.9. The van der Waals surface area contributed by atoms with Crippen LogP contribution < -0.4 is 10.6 Å². The number of carbonyl (C=O) groups excluding carboxylic acids is 3. The zero-order valence-electron chi connectivity index (χ0n) is 19.2. The summed E-state index contributed by atoms with van der Waals surface area (Å²) in [7, 11) is 0. The van der Waals surface area contributed by atoms with Crippen LogP contribution in [0.4, 0.5) is 4.79 Å². The first kappa shape index (κ1) is 23.4. The molecule has 3 aromatic rings. The summed E-state index contributed by atoms with van der Waals surface area (Å²) >= 11 is 1.51. The van der Waals surface area contributed by atoms with E-state index in [9.17, 15) is 14.4 Å². The minimum absolute atomic E-state index is 0.0381. The predicted octanol–water partition coefficient (Wildman–Crippen LogP) is 3.42. The van der Waals surface area contributed by atoms with Crippen molar-refractivity contribution < 1.29 is 23.9 Å². The highest BCUT2D eigenvalue weighted by atomic mass is 32.1. The molecule has 0 saturated heterocycles. The number of nitrogens with one attached hydrogen (secondary N) is 2. The number of urea groups is 1. The van der Waals surface area contributed by atoms with E-state index in [2.05, 4.69) is 15.7 Å². The van der Waals surface area contributed by atoms with E-state index in [1.165, 1.54) is 11.3 Å². The smallest absolute Gasteiger partial charge is 0.339 e. The summed E-state index contributed by atoms with van der Waals surface area (Å²) in [5.41, 5.74) is 1.90. The minimum Gasteiger partial charge on any atom is -0.463 e. The zero-order chi connectivity index (χ0) is 24.4. The highest BCUT2D eigenvalue weighted by molar-refractivity contribution is 7.13. The molecular weight excluding hydrogens is 458 g/mol. The van der Waals surface area contributed by atoms with Gasteiger partial charge in [-0.2, -0.15) is 5.10 Å². The van der Waals surface area contributed by atoms with E-state index in [0.717, 1.165) is 4.88 Å². The summed E-state index contributed by atoms with van der Waals surface area (Å²) in [6, 6.07) is 4.46. The molecule has 0 saturated carbocycles. The third kappa shape index (κ3) is 4.51. The van der Waals surface area contributed by atoms with Crippen LogP contribution in [0.15, 0.2) is 41.0 Å². The Kier molecular flexibility index (Phi) is 6.64. The first-order chi connectivity index (χ1) is 16.3. The van der Waals surface area contributed by atoms with Crippen molar-refractivity contribution >= 4 is 40.3 Å². The van der Waals surface area contributed by atoms with Gasteiger partial charge in [-0.05, 0) is 45.2 Å².